The first kappa shape index (κ1) is 27.9. The number of carbonyl (C=O) groups is 3. The van der Waals surface area contributed by atoms with Crippen LogP contribution in [0.2, 0.25) is 0 Å². The van der Waals surface area contributed by atoms with Crippen LogP contribution < -0.4 is 4.90 Å². The molecule has 13 heteroatoms. The third kappa shape index (κ3) is 5.13. The average Bonchev–Trinajstić information content (AvgIpc) is 3.67. The SMILES string of the molecule is CC1=C(C(=O)c2ccco2)C(c2ccc(C#N)cc2)N(Cc2nc(C(=O)O)co2)C(=O)N1c1cccc(C(F)(F)F)c1. The molecular weight excluding hydrogens is 557 g/mol. The normalized spacial score (nSPS) is 15.6. The number of amides is 2. The van der Waals surface area contributed by atoms with Gasteiger partial charge in [0.15, 0.2) is 11.5 Å². The number of furan rings is 1. The van der Waals surface area contributed by atoms with Crippen molar-refractivity contribution in [2.75, 3.05) is 4.90 Å². The van der Waals surface area contributed by atoms with Crippen LogP contribution in [-0.2, 0) is 12.7 Å². The predicted molar refractivity (Wildman–Crippen MR) is 138 cm³/mol. The molecule has 1 atom stereocenters. The van der Waals surface area contributed by atoms with E-state index in [0.717, 1.165) is 34.3 Å². The Morgan fingerprint density at radius 3 is 2.43 bits per heavy atom. The largest absolute Gasteiger partial charge is 0.476 e. The van der Waals surface area contributed by atoms with Gasteiger partial charge in [-0.05, 0) is 55.0 Å². The fourth-order valence-electron chi connectivity index (χ4n) is 4.68. The number of benzene rings is 2. The number of urea groups is 1. The second-order valence-corrected chi connectivity index (χ2v) is 9.17. The molecule has 212 valence electrons. The number of nitrogens with zero attached hydrogens (tertiary/aromatic N) is 4. The Bertz CT molecular complexity index is 1750. The lowest BCUT2D eigenvalue weighted by Crippen LogP contribution is -2.50. The van der Waals surface area contributed by atoms with Crippen LogP contribution in [0.25, 0.3) is 0 Å². The Hall–Kier alpha value is -5.64. The molecule has 0 bridgehead atoms. The highest BCUT2D eigenvalue weighted by Gasteiger charge is 2.44. The first-order valence-electron chi connectivity index (χ1n) is 12.2. The van der Waals surface area contributed by atoms with E-state index < -0.39 is 47.8 Å². The van der Waals surface area contributed by atoms with Gasteiger partial charge in [0.05, 0.1) is 47.3 Å². The van der Waals surface area contributed by atoms with E-state index in [2.05, 4.69) is 4.98 Å². The van der Waals surface area contributed by atoms with Crippen molar-refractivity contribution in [2.24, 2.45) is 0 Å². The minimum absolute atomic E-state index is 0.0170. The number of nitriles is 1. The zero-order chi connectivity index (χ0) is 30.2. The molecule has 0 radical (unpaired) electrons. The van der Waals surface area contributed by atoms with Crippen LogP contribution in [0.3, 0.4) is 0 Å². The molecule has 0 fully saturated rings. The summed E-state index contributed by atoms with van der Waals surface area (Å²) in [6, 6.07) is 13.0. The maximum atomic E-state index is 14.2. The molecule has 0 saturated heterocycles. The van der Waals surface area contributed by atoms with Crippen LogP contribution in [0.1, 0.15) is 56.6 Å². The molecule has 0 saturated carbocycles. The third-order valence-corrected chi connectivity index (χ3v) is 6.60. The van der Waals surface area contributed by atoms with Crippen LogP contribution in [0, 0.1) is 11.3 Å². The van der Waals surface area contributed by atoms with E-state index in [9.17, 15) is 37.9 Å². The molecule has 10 nitrogen and oxygen atoms in total. The maximum Gasteiger partial charge on any atom is 0.416 e. The molecule has 2 aromatic heterocycles. The summed E-state index contributed by atoms with van der Waals surface area (Å²) in [6.45, 7) is 0.963. The number of ketones is 1. The standard InChI is InChI=1S/C29H19F3N4O6/c1-16-24(26(37)22-6-3-11-41-22)25(18-9-7-17(13-33)8-10-18)35(14-23-34-21(15-42-23)27(38)39)28(40)36(16)20-5-2-4-19(12-20)29(30,31)32/h2-12,15,25H,14H2,1H3,(H,38,39). The highest BCUT2D eigenvalue weighted by molar-refractivity contribution is 6.12. The molecular formula is C29H19F3N4O6. The zero-order valence-corrected chi connectivity index (χ0v) is 21.6. The number of alkyl halides is 3. The van der Waals surface area contributed by atoms with Gasteiger partial charge in [0.25, 0.3) is 0 Å². The topological polar surface area (TPSA) is 141 Å². The van der Waals surface area contributed by atoms with Crippen molar-refractivity contribution in [3.63, 3.8) is 0 Å². The fraction of sp³-hybridized carbons (Fsp3) is 0.138. The molecule has 5 rings (SSSR count). The van der Waals surface area contributed by atoms with Crippen molar-refractivity contribution >= 4 is 23.5 Å². The van der Waals surface area contributed by atoms with Gasteiger partial charge in [-0.2, -0.15) is 18.4 Å². The Morgan fingerprint density at radius 1 is 1.10 bits per heavy atom. The van der Waals surface area contributed by atoms with Gasteiger partial charge >= 0.3 is 18.2 Å². The van der Waals surface area contributed by atoms with Gasteiger partial charge in [-0.25, -0.2) is 14.6 Å². The van der Waals surface area contributed by atoms with Gasteiger partial charge in [0.2, 0.25) is 11.7 Å². The van der Waals surface area contributed by atoms with E-state index in [4.69, 9.17) is 8.83 Å². The van der Waals surface area contributed by atoms with Crippen molar-refractivity contribution in [3.8, 4) is 6.07 Å². The second-order valence-electron chi connectivity index (χ2n) is 9.17. The lowest BCUT2D eigenvalue weighted by atomic mass is 9.88. The van der Waals surface area contributed by atoms with E-state index in [-0.39, 0.29) is 28.6 Å². The van der Waals surface area contributed by atoms with Crippen LogP contribution in [-0.4, -0.2) is 32.8 Å². The van der Waals surface area contributed by atoms with E-state index in [0.29, 0.717) is 11.1 Å². The number of allylic oxidation sites excluding steroid dienone is 1. The molecule has 1 aliphatic rings. The molecule has 2 aromatic carbocycles. The van der Waals surface area contributed by atoms with Crippen molar-refractivity contribution in [3.05, 3.63) is 118 Å². The summed E-state index contributed by atoms with van der Waals surface area (Å²) in [4.78, 5) is 45.5. The van der Waals surface area contributed by atoms with Gasteiger partial charge in [0, 0.05) is 5.70 Å². The van der Waals surface area contributed by atoms with Gasteiger partial charge in [0.1, 0.15) is 6.26 Å². The molecule has 4 aromatic rings. The lowest BCUT2D eigenvalue weighted by Gasteiger charge is -2.42. The van der Waals surface area contributed by atoms with Crippen molar-refractivity contribution in [1.29, 1.82) is 5.26 Å². The first-order chi connectivity index (χ1) is 20.0. The summed E-state index contributed by atoms with van der Waals surface area (Å²) in [6.07, 6.45) is -2.56. The molecule has 1 N–H and O–H groups in total. The number of Topliss-reactive ketones (excluding diaryl/α,β-unsaturated/α-hetero) is 1. The Labute approximate surface area is 235 Å². The number of oxazole rings is 1. The molecule has 0 spiro atoms. The number of hydrogen-bond donors (Lipinski definition) is 1. The van der Waals surface area contributed by atoms with Gasteiger partial charge in [-0.15, -0.1) is 0 Å². The van der Waals surface area contributed by atoms with E-state index >= 15 is 0 Å². The summed E-state index contributed by atoms with van der Waals surface area (Å²) in [5.74, 6) is -2.33. The zero-order valence-electron chi connectivity index (χ0n) is 21.6. The minimum atomic E-state index is -4.71. The number of aromatic nitrogens is 1. The molecule has 0 aliphatic carbocycles. The number of halogens is 3. The summed E-state index contributed by atoms with van der Waals surface area (Å²) >= 11 is 0. The smallest absolute Gasteiger partial charge is 0.416 e. The summed E-state index contributed by atoms with van der Waals surface area (Å²) in [7, 11) is 0. The summed E-state index contributed by atoms with van der Waals surface area (Å²) in [5, 5.41) is 18.6. The van der Waals surface area contributed by atoms with Gasteiger partial charge < -0.3 is 18.8 Å². The van der Waals surface area contributed by atoms with Crippen LogP contribution in [0.5, 0.6) is 0 Å². The van der Waals surface area contributed by atoms with Gasteiger partial charge in [-0.1, -0.05) is 18.2 Å². The van der Waals surface area contributed by atoms with Crippen molar-refractivity contribution in [2.45, 2.75) is 25.7 Å². The van der Waals surface area contributed by atoms with Crippen molar-refractivity contribution in [1.82, 2.24) is 9.88 Å². The monoisotopic (exact) mass is 576 g/mol. The molecule has 42 heavy (non-hydrogen) atoms. The van der Waals surface area contributed by atoms with E-state index in [1.54, 1.807) is 0 Å². The summed E-state index contributed by atoms with van der Waals surface area (Å²) < 4.78 is 51.5. The Morgan fingerprint density at radius 2 is 1.83 bits per heavy atom. The van der Waals surface area contributed by atoms with Crippen LogP contribution in [0.4, 0.5) is 23.7 Å². The fourth-order valence-corrected chi connectivity index (χ4v) is 4.68. The molecule has 2 amide bonds. The number of aromatic carboxylic acids is 1. The first-order valence-corrected chi connectivity index (χ1v) is 12.2. The number of carboxylic acid groups (broad SMARTS) is 1. The number of anilines is 1. The van der Waals surface area contributed by atoms with Gasteiger partial charge in [-0.3, -0.25) is 9.69 Å². The lowest BCUT2D eigenvalue weighted by molar-refractivity contribution is -0.137. The van der Waals surface area contributed by atoms with Crippen LogP contribution in [0.15, 0.2) is 93.3 Å². The minimum Gasteiger partial charge on any atom is -0.476 e. The number of hydrogen-bond acceptors (Lipinski definition) is 7. The second kappa shape index (κ2) is 10.7. The number of rotatable bonds is 7. The third-order valence-electron chi connectivity index (χ3n) is 6.60. The Kier molecular flexibility index (Phi) is 7.13. The highest BCUT2D eigenvalue weighted by Crippen LogP contribution is 2.42. The Balaban J connectivity index is 1.74. The molecule has 3 heterocycles. The number of carboxylic acids is 1. The summed E-state index contributed by atoms with van der Waals surface area (Å²) in [5.41, 5.74) is -0.917. The molecule has 1 aliphatic heterocycles. The maximum absolute atomic E-state index is 14.2. The van der Waals surface area contributed by atoms with Crippen molar-refractivity contribution < 1.29 is 41.5 Å². The quantitative estimate of drug-likeness (QED) is 0.257. The van der Waals surface area contributed by atoms with E-state index in [1.807, 2.05) is 6.07 Å². The predicted octanol–water partition coefficient (Wildman–Crippen LogP) is 6.20. The highest BCUT2D eigenvalue weighted by atomic mass is 19.4. The van der Waals surface area contributed by atoms with E-state index in [1.165, 1.54) is 55.7 Å². The number of carbonyl (C=O) groups excluding carboxylic acids is 2. The average molecular weight is 576 g/mol. The van der Waals surface area contributed by atoms with Crippen LogP contribution >= 0.6 is 0 Å². The molecule has 1 unspecified atom stereocenters.